The first kappa shape index (κ1) is 14.7. The third-order valence-corrected chi connectivity index (χ3v) is 2.98. The van der Waals surface area contributed by atoms with Crippen molar-refractivity contribution in [2.24, 2.45) is 5.73 Å². The molecular weight excluding hydrogens is 230 g/mol. The van der Waals surface area contributed by atoms with Crippen LogP contribution in [0, 0.1) is 0 Å². The number of aliphatic hydroxyl groups excluding tert-OH is 1. The Bertz CT molecular complexity index is 375. The maximum Gasteiger partial charge on any atom is 0.337 e. The van der Waals surface area contributed by atoms with Gasteiger partial charge in [0.2, 0.25) is 0 Å². The van der Waals surface area contributed by atoms with Crippen molar-refractivity contribution in [3.05, 3.63) is 35.4 Å². The molecule has 0 aliphatic rings. The second-order valence-electron chi connectivity index (χ2n) is 4.35. The molecule has 1 aromatic carbocycles. The van der Waals surface area contributed by atoms with Crippen LogP contribution in [-0.2, 0) is 4.74 Å². The van der Waals surface area contributed by atoms with Gasteiger partial charge in [-0.25, -0.2) is 4.79 Å². The van der Waals surface area contributed by atoms with Gasteiger partial charge in [-0.2, -0.15) is 0 Å². The van der Waals surface area contributed by atoms with Crippen molar-refractivity contribution in [1.29, 1.82) is 0 Å². The molecule has 0 bridgehead atoms. The van der Waals surface area contributed by atoms with E-state index in [1.165, 1.54) is 7.11 Å². The number of carbonyl (C=O) groups excluding carboxylic acids is 1. The summed E-state index contributed by atoms with van der Waals surface area (Å²) < 4.78 is 4.62. The molecule has 0 aliphatic heterocycles. The molecule has 3 N–H and O–H groups in total. The molecule has 4 heteroatoms. The molecule has 0 saturated heterocycles. The van der Waals surface area contributed by atoms with Gasteiger partial charge in [-0.3, -0.25) is 0 Å². The number of esters is 1. The predicted molar refractivity (Wildman–Crippen MR) is 70.2 cm³/mol. The first-order valence-corrected chi connectivity index (χ1v) is 6.22. The van der Waals surface area contributed by atoms with Crippen LogP contribution < -0.4 is 5.73 Å². The van der Waals surface area contributed by atoms with E-state index in [4.69, 9.17) is 5.73 Å². The summed E-state index contributed by atoms with van der Waals surface area (Å²) in [4.78, 5) is 11.3. The summed E-state index contributed by atoms with van der Waals surface area (Å²) in [6.45, 7) is 2.07. The van der Waals surface area contributed by atoms with E-state index < -0.39 is 12.1 Å². The van der Waals surface area contributed by atoms with E-state index in [2.05, 4.69) is 11.7 Å². The van der Waals surface area contributed by atoms with Gasteiger partial charge in [0, 0.05) is 0 Å². The van der Waals surface area contributed by atoms with E-state index in [1.54, 1.807) is 24.3 Å². The van der Waals surface area contributed by atoms with E-state index >= 15 is 0 Å². The third-order valence-electron chi connectivity index (χ3n) is 2.98. The van der Waals surface area contributed by atoms with Gasteiger partial charge >= 0.3 is 5.97 Å². The van der Waals surface area contributed by atoms with Crippen LogP contribution in [0.3, 0.4) is 0 Å². The van der Waals surface area contributed by atoms with E-state index in [-0.39, 0.29) is 5.97 Å². The summed E-state index contributed by atoms with van der Waals surface area (Å²) >= 11 is 0. The molecule has 0 heterocycles. The summed E-state index contributed by atoms with van der Waals surface area (Å²) in [6.07, 6.45) is 2.13. The lowest BCUT2D eigenvalue weighted by atomic mass is 9.97. The molecule has 18 heavy (non-hydrogen) atoms. The van der Waals surface area contributed by atoms with E-state index in [9.17, 15) is 9.90 Å². The molecule has 0 aromatic heterocycles. The number of unbranched alkanes of at least 4 members (excludes halogenated alkanes) is 1. The van der Waals surface area contributed by atoms with Crippen LogP contribution in [0.1, 0.15) is 48.1 Å². The van der Waals surface area contributed by atoms with Crippen molar-refractivity contribution in [2.75, 3.05) is 7.11 Å². The summed E-state index contributed by atoms with van der Waals surface area (Å²) in [7, 11) is 1.34. The molecule has 0 radical (unpaired) electrons. The Hall–Kier alpha value is -1.39. The van der Waals surface area contributed by atoms with Gasteiger partial charge in [0.25, 0.3) is 0 Å². The fraction of sp³-hybridized carbons (Fsp3) is 0.500. The Morgan fingerprint density at radius 3 is 2.50 bits per heavy atom. The first-order valence-electron chi connectivity index (χ1n) is 6.22. The zero-order chi connectivity index (χ0) is 13.5. The quantitative estimate of drug-likeness (QED) is 0.759. The molecule has 0 spiro atoms. The van der Waals surface area contributed by atoms with Gasteiger partial charge < -0.3 is 15.6 Å². The zero-order valence-electron chi connectivity index (χ0n) is 10.9. The predicted octanol–water partition coefficient (Wildman–Crippen LogP) is 2.02. The minimum absolute atomic E-state index is 0.373. The largest absolute Gasteiger partial charge is 0.465 e. The third kappa shape index (κ3) is 3.82. The Morgan fingerprint density at radius 1 is 1.39 bits per heavy atom. The number of methoxy groups -OCH3 is 1. The van der Waals surface area contributed by atoms with E-state index in [0.717, 1.165) is 18.4 Å². The van der Waals surface area contributed by atoms with E-state index in [1.807, 2.05) is 0 Å². The molecule has 0 unspecified atom stereocenters. The van der Waals surface area contributed by atoms with Gasteiger partial charge in [-0.15, -0.1) is 0 Å². The number of aliphatic hydroxyl groups is 1. The fourth-order valence-electron chi connectivity index (χ4n) is 1.77. The minimum atomic E-state index is -0.547. The summed E-state index contributed by atoms with van der Waals surface area (Å²) in [6, 6.07) is 6.42. The van der Waals surface area contributed by atoms with Gasteiger partial charge in [0.05, 0.1) is 24.8 Å². The first-order chi connectivity index (χ1) is 8.60. The Morgan fingerprint density at radius 2 is 2.00 bits per heavy atom. The van der Waals surface area contributed by atoms with Crippen molar-refractivity contribution in [2.45, 2.75) is 38.3 Å². The standard InChI is InChI=1S/C14H21NO3/c1-3-4-5-12(16)13(15)10-6-8-11(9-7-10)14(17)18-2/h6-9,12-13,16H,3-5,15H2,1-2H3/t12-,13+/m1/s1. The van der Waals surface area contributed by atoms with Crippen LogP contribution in [0.4, 0.5) is 0 Å². The molecular formula is C14H21NO3. The minimum Gasteiger partial charge on any atom is -0.465 e. The second-order valence-corrected chi connectivity index (χ2v) is 4.35. The molecule has 1 aromatic rings. The van der Waals surface area contributed by atoms with Gasteiger partial charge in [0.15, 0.2) is 0 Å². The molecule has 0 amide bonds. The molecule has 4 nitrogen and oxygen atoms in total. The lowest BCUT2D eigenvalue weighted by Crippen LogP contribution is -2.26. The van der Waals surface area contributed by atoms with Crippen molar-refractivity contribution >= 4 is 5.97 Å². The summed E-state index contributed by atoms with van der Waals surface area (Å²) in [5, 5.41) is 9.91. The number of rotatable bonds is 6. The van der Waals surface area contributed by atoms with Crippen LogP contribution in [-0.4, -0.2) is 24.3 Å². The van der Waals surface area contributed by atoms with Crippen LogP contribution >= 0.6 is 0 Å². The summed E-state index contributed by atoms with van der Waals surface area (Å²) in [5.41, 5.74) is 7.28. The van der Waals surface area contributed by atoms with Crippen LogP contribution in [0.25, 0.3) is 0 Å². The lowest BCUT2D eigenvalue weighted by Gasteiger charge is -2.19. The van der Waals surface area contributed by atoms with Crippen LogP contribution in [0.5, 0.6) is 0 Å². The molecule has 0 saturated carbocycles. The Balaban J connectivity index is 2.69. The number of nitrogens with two attached hydrogens (primary N) is 1. The highest BCUT2D eigenvalue weighted by atomic mass is 16.5. The van der Waals surface area contributed by atoms with Crippen molar-refractivity contribution in [3.63, 3.8) is 0 Å². The van der Waals surface area contributed by atoms with E-state index in [0.29, 0.717) is 12.0 Å². The smallest absolute Gasteiger partial charge is 0.337 e. The SMILES string of the molecule is CCCC[C@@H](O)[C@@H](N)c1ccc(C(=O)OC)cc1. The molecule has 0 fully saturated rings. The number of hydrogen-bond donors (Lipinski definition) is 2. The number of hydrogen-bond acceptors (Lipinski definition) is 4. The highest BCUT2D eigenvalue weighted by molar-refractivity contribution is 5.89. The zero-order valence-corrected chi connectivity index (χ0v) is 10.9. The van der Waals surface area contributed by atoms with Crippen LogP contribution in [0.15, 0.2) is 24.3 Å². The normalized spacial score (nSPS) is 14.0. The summed E-state index contributed by atoms with van der Waals surface area (Å²) in [5.74, 6) is -0.373. The van der Waals surface area contributed by atoms with Gasteiger partial charge in [0.1, 0.15) is 0 Å². The average Bonchev–Trinajstić information content (AvgIpc) is 2.43. The second kappa shape index (κ2) is 7.13. The highest BCUT2D eigenvalue weighted by Crippen LogP contribution is 2.19. The van der Waals surface area contributed by atoms with Gasteiger partial charge in [-0.1, -0.05) is 31.9 Å². The number of benzene rings is 1. The Kier molecular flexibility index (Phi) is 5.82. The van der Waals surface area contributed by atoms with Crippen molar-refractivity contribution in [1.82, 2.24) is 0 Å². The maximum atomic E-state index is 11.3. The van der Waals surface area contributed by atoms with Crippen molar-refractivity contribution in [3.8, 4) is 0 Å². The van der Waals surface area contributed by atoms with Gasteiger partial charge in [-0.05, 0) is 24.1 Å². The molecule has 100 valence electrons. The molecule has 1 rings (SSSR count). The maximum absolute atomic E-state index is 11.3. The molecule has 0 aliphatic carbocycles. The monoisotopic (exact) mass is 251 g/mol. The number of carbonyl (C=O) groups is 1. The average molecular weight is 251 g/mol. The van der Waals surface area contributed by atoms with Crippen LogP contribution in [0.2, 0.25) is 0 Å². The fourth-order valence-corrected chi connectivity index (χ4v) is 1.77. The highest BCUT2D eigenvalue weighted by Gasteiger charge is 2.16. The number of ether oxygens (including phenoxy) is 1. The Labute approximate surface area is 108 Å². The topological polar surface area (TPSA) is 72.5 Å². The lowest BCUT2D eigenvalue weighted by molar-refractivity contribution is 0.0600. The van der Waals surface area contributed by atoms with Crippen molar-refractivity contribution < 1.29 is 14.6 Å². The molecule has 2 atom stereocenters.